The lowest BCUT2D eigenvalue weighted by Crippen LogP contribution is -2.50. The third kappa shape index (κ3) is 21.2. The van der Waals surface area contributed by atoms with Gasteiger partial charge in [0.2, 0.25) is 0 Å². The molecular weight excluding hydrogens is 416 g/mol. The van der Waals surface area contributed by atoms with Gasteiger partial charge < -0.3 is 28.8 Å². The average Bonchev–Trinajstić information content (AvgIpc) is 2.69. The summed E-state index contributed by atoms with van der Waals surface area (Å²) in [4.78, 5) is 18.6. The lowest BCUT2D eigenvalue weighted by atomic mass is 10.2. The van der Waals surface area contributed by atoms with E-state index in [0.717, 1.165) is 0 Å². The molecule has 0 atom stereocenters. The topological polar surface area (TPSA) is 80.3 Å². The van der Waals surface area contributed by atoms with Crippen LogP contribution in [0.5, 0.6) is 0 Å². The minimum Gasteiger partial charge on any atom is -0.550 e. The highest BCUT2D eigenvalue weighted by atomic mass is 16.4. The molecule has 33 heavy (non-hydrogen) atoms. The lowest BCUT2D eigenvalue weighted by molar-refractivity contribution is -0.928. The van der Waals surface area contributed by atoms with Gasteiger partial charge in [0, 0.05) is 18.4 Å². The standard InChI is InChI=1S/2C12H28N.C3H4O4/c2*1-5-9-13(10-6-2,11-7-3)12-8-4;4-2(5)1-3(6)7/h2*5-12H2,1-4H3;1H2,(H,4,5)(H,6,7)/q2*+1;/p-2. The van der Waals surface area contributed by atoms with E-state index in [9.17, 15) is 19.8 Å². The van der Waals surface area contributed by atoms with Crippen LogP contribution in [0.4, 0.5) is 0 Å². The number of aliphatic carboxylic acids is 2. The number of quaternary nitrogens is 2. The van der Waals surface area contributed by atoms with Crippen molar-refractivity contribution >= 4 is 11.9 Å². The van der Waals surface area contributed by atoms with Crippen LogP contribution in [0.25, 0.3) is 0 Å². The zero-order valence-corrected chi connectivity index (χ0v) is 23.5. The van der Waals surface area contributed by atoms with Gasteiger partial charge in [0.1, 0.15) is 0 Å². The van der Waals surface area contributed by atoms with Crippen LogP contribution in [0, 0.1) is 0 Å². The summed E-state index contributed by atoms with van der Waals surface area (Å²) in [6.45, 7) is 29.6. The molecular formula is C27H58N2O4. The van der Waals surface area contributed by atoms with Crippen molar-refractivity contribution in [3.05, 3.63) is 0 Å². The average molecular weight is 475 g/mol. The minimum atomic E-state index is -1.63. The van der Waals surface area contributed by atoms with Crippen molar-refractivity contribution in [2.75, 3.05) is 52.4 Å². The van der Waals surface area contributed by atoms with Crippen molar-refractivity contribution in [3.63, 3.8) is 0 Å². The van der Waals surface area contributed by atoms with E-state index in [1.807, 2.05) is 0 Å². The van der Waals surface area contributed by atoms with Gasteiger partial charge in [-0.2, -0.15) is 0 Å². The molecule has 0 radical (unpaired) electrons. The fraction of sp³-hybridized carbons (Fsp3) is 0.926. The number of hydrogen-bond acceptors (Lipinski definition) is 4. The van der Waals surface area contributed by atoms with E-state index in [0.29, 0.717) is 0 Å². The van der Waals surface area contributed by atoms with Gasteiger partial charge in [0.05, 0.1) is 52.4 Å². The van der Waals surface area contributed by atoms with Gasteiger partial charge in [-0.1, -0.05) is 55.4 Å². The molecule has 0 rings (SSSR count). The van der Waals surface area contributed by atoms with Gasteiger partial charge in [0.15, 0.2) is 0 Å². The van der Waals surface area contributed by atoms with E-state index in [1.54, 1.807) is 0 Å². The fourth-order valence-corrected chi connectivity index (χ4v) is 5.25. The van der Waals surface area contributed by atoms with Crippen molar-refractivity contribution in [2.45, 2.75) is 113 Å². The number of carbonyl (C=O) groups excluding carboxylic acids is 2. The van der Waals surface area contributed by atoms with Crippen LogP contribution in [0.1, 0.15) is 113 Å². The van der Waals surface area contributed by atoms with Crippen LogP contribution < -0.4 is 10.2 Å². The second-order valence-electron chi connectivity index (χ2n) is 9.39. The molecule has 0 aliphatic carbocycles. The molecule has 0 bridgehead atoms. The Balaban J connectivity index is -0.000000429. The zero-order chi connectivity index (χ0) is 26.2. The van der Waals surface area contributed by atoms with Crippen LogP contribution in [0.2, 0.25) is 0 Å². The van der Waals surface area contributed by atoms with Gasteiger partial charge in [-0.15, -0.1) is 0 Å². The van der Waals surface area contributed by atoms with Crippen LogP contribution in [-0.2, 0) is 9.59 Å². The third-order valence-electron chi connectivity index (χ3n) is 5.87. The first-order valence-electron chi connectivity index (χ1n) is 13.7. The molecule has 0 heterocycles. The summed E-state index contributed by atoms with van der Waals surface area (Å²) in [6, 6.07) is 0. The summed E-state index contributed by atoms with van der Waals surface area (Å²) in [5.41, 5.74) is 0. The summed E-state index contributed by atoms with van der Waals surface area (Å²) >= 11 is 0. The smallest absolute Gasteiger partial charge is 0.0783 e. The number of nitrogens with zero attached hydrogens (tertiary/aromatic N) is 2. The maximum Gasteiger partial charge on any atom is 0.0783 e. The number of rotatable bonds is 18. The predicted molar refractivity (Wildman–Crippen MR) is 136 cm³/mol. The molecule has 200 valence electrons. The number of carbonyl (C=O) groups is 2. The Morgan fingerprint density at radius 2 is 0.576 bits per heavy atom. The SMILES string of the molecule is CCC[N+](CCC)(CCC)CCC.CCC[N+](CCC)(CCC)CCC.O=C([O-])CC(=O)[O-]. The number of hydrogen-bond donors (Lipinski definition) is 0. The highest BCUT2D eigenvalue weighted by Gasteiger charge is 2.23. The Kier molecular flexibility index (Phi) is 26.5. The molecule has 0 N–H and O–H groups in total. The van der Waals surface area contributed by atoms with Crippen molar-refractivity contribution in [1.29, 1.82) is 0 Å². The second kappa shape index (κ2) is 24.0. The molecule has 0 aliphatic rings. The Hall–Kier alpha value is -1.14. The van der Waals surface area contributed by atoms with Crippen molar-refractivity contribution in [1.82, 2.24) is 0 Å². The van der Waals surface area contributed by atoms with Gasteiger partial charge >= 0.3 is 0 Å². The fourth-order valence-electron chi connectivity index (χ4n) is 5.25. The van der Waals surface area contributed by atoms with Gasteiger partial charge in [-0.05, 0) is 51.4 Å². The first-order valence-corrected chi connectivity index (χ1v) is 13.7. The molecule has 6 heteroatoms. The molecule has 0 spiro atoms. The largest absolute Gasteiger partial charge is 0.550 e. The van der Waals surface area contributed by atoms with E-state index in [4.69, 9.17) is 0 Å². The summed E-state index contributed by atoms with van der Waals surface area (Å²) in [6.07, 6.45) is 9.64. The normalized spacial score (nSPS) is 11.2. The monoisotopic (exact) mass is 474 g/mol. The summed E-state index contributed by atoms with van der Waals surface area (Å²) in [7, 11) is 0. The van der Waals surface area contributed by atoms with Gasteiger partial charge in [-0.25, -0.2) is 0 Å². The second-order valence-corrected chi connectivity index (χ2v) is 9.39. The molecule has 0 unspecified atom stereocenters. The quantitative estimate of drug-likeness (QED) is 0.224. The summed E-state index contributed by atoms with van der Waals surface area (Å²) in [5, 5.41) is 18.6. The van der Waals surface area contributed by atoms with E-state index in [2.05, 4.69) is 55.4 Å². The first-order chi connectivity index (χ1) is 15.6. The lowest BCUT2D eigenvalue weighted by Gasteiger charge is -2.38. The molecule has 0 fully saturated rings. The summed E-state index contributed by atoms with van der Waals surface area (Å²) in [5.74, 6) is -3.25. The Morgan fingerprint density at radius 1 is 0.424 bits per heavy atom. The molecule has 0 saturated heterocycles. The zero-order valence-electron chi connectivity index (χ0n) is 23.5. The maximum atomic E-state index is 9.28. The third-order valence-corrected chi connectivity index (χ3v) is 5.87. The molecule has 0 aliphatic heterocycles. The highest BCUT2D eigenvalue weighted by Crippen LogP contribution is 2.13. The van der Waals surface area contributed by atoms with E-state index >= 15 is 0 Å². The number of carboxylic acids is 2. The minimum absolute atomic E-state index is 1.03. The molecule has 0 aromatic heterocycles. The van der Waals surface area contributed by atoms with Gasteiger partial charge in [0.25, 0.3) is 0 Å². The van der Waals surface area contributed by atoms with Crippen LogP contribution >= 0.6 is 0 Å². The first kappa shape index (κ1) is 36.4. The highest BCUT2D eigenvalue weighted by molar-refractivity contribution is 5.86. The van der Waals surface area contributed by atoms with Crippen molar-refractivity contribution in [3.8, 4) is 0 Å². The molecule has 6 nitrogen and oxygen atoms in total. The predicted octanol–water partition coefficient (Wildman–Crippen LogP) is 3.76. The molecule has 0 amide bonds. The van der Waals surface area contributed by atoms with Crippen LogP contribution in [0.3, 0.4) is 0 Å². The maximum absolute atomic E-state index is 9.28. The molecule has 0 saturated carbocycles. The van der Waals surface area contributed by atoms with E-state index < -0.39 is 18.4 Å². The summed E-state index contributed by atoms with van der Waals surface area (Å²) < 4.78 is 2.75. The molecule has 0 aromatic rings. The van der Waals surface area contributed by atoms with Gasteiger partial charge in [-0.3, -0.25) is 0 Å². The molecule has 0 aromatic carbocycles. The Labute approximate surface area is 206 Å². The Bertz CT molecular complexity index is 356. The number of carboxylic acid groups (broad SMARTS) is 2. The van der Waals surface area contributed by atoms with Crippen LogP contribution in [-0.4, -0.2) is 73.3 Å². The van der Waals surface area contributed by atoms with Crippen LogP contribution in [0.15, 0.2) is 0 Å². The van der Waals surface area contributed by atoms with Crippen molar-refractivity contribution in [2.24, 2.45) is 0 Å². The van der Waals surface area contributed by atoms with Crippen molar-refractivity contribution < 1.29 is 28.8 Å². The Morgan fingerprint density at radius 3 is 0.636 bits per heavy atom. The van der Waals surface area contributed by atoms with E-state index in [-0.39, 0.29) is 0 Å². The van der Waals surface area contributed by atoms with E-state index in [1.165, 1.54) is 113 Å².